The number of aryl methyl sites for hydroxylation is 1. The molecule has 0 atom stereocenters. The van der Waals surface area contributed by atoms with Crippen LogP contribution in [0.2, 0.25) is 0 Å². The van der Waals surface area contributed by atoms with E-state index in [9.17, 15) is 0 Å². The molecule has 0 amide bonds. The second-order valence-electron chi connectivity index (χ2n) is 3.20. The first kappa shape index (κ1) is 10.2. The smallest absolute Gasteiger partial charge is 0.0302 e. The minimum Gasteiger partial charge on any atom is -0.264 e. The van der Waals surface area contributed by atoms with Gasteiger partial charge >= 0.3 is 0 Å². The van der Waals surface area contributed by atoms with Crippen molar-refractivity contribution in [3.8, 4) is 0 Å². The van der Waals surface area contributed by atoms with E-state index in [1.165, 1.54) is 18.4 Å². The molecule has 2 rings (SSSR count). The first-order chi connectivity index (χ1) is 6.42. The van der Waals surface area contributed by atoms with Gasteiger partial charge in [0, 0.05) is 12.4 Å². The van der Waals surface area contributed by atoms with Gasteiger partial charge in [0.05, 0.1) is 0 Å². The van der Waals surface area contributed by atoms with Crippen molar-refractivity contribution >= 4 is 0 Å². The summed E-state index contributed by atoms with van der Waals surface area (Å²) >= 11 is 0. The summed E-state index contributed by atoms with van der Waals surface area (Å²) in [5, 5.41) is 0. The second-order valence-corrected chi connectivity index (χ2v) is 3.20. The monoisotopic (exact) mass is 177 g/mol. The summed E-state index contributed by atoms with van der Waals surface area (Å²) < 4.78 is 0. The van der Waals surface area contributed by atoms with Crippen LogP contribution in [0.3, 0.4) is 0 Å². The van der Waals surface area contributed by atoms with Crippen molar-refractivity contribution in [2.45, 2.75) is 46.0 Å². The Morgan fingerprint density at radius 1 is 1.38 bits per heavy atom. The van der Waals surface area contributed by atoms with E-state index < -0.39 is 0 Å². The molecule has 0 unspecified atom stereocenters. The lowest BCUT2D eigenvalue weighted by Crippen LogP contribution is -1.90. The highest BCUT2D eigenvalue weighted by atomic mass is 14.6. The Morgan fingerprint density at radius 3 is 2.62 bits per heavy atom. The summed E-state index contributed by atoms with van der Waals surface area (Å²) in [5.41, 5.74) is 2.98. The molecule has 13 heavy (non-hydrogen) atoms. The van der Waals surface area contributed by atoms with Gasteiger partial charge < -0.3 is 0 Å². The molecule has 1 heteroatoms. The average molecular weight is 177 g/mol. The molecule has 1 saturated carbocycles. The third-order valence-corrected chi connectivity index (χ3v) is 2.34. The van der Waals surface area contributed by atoms with E-state index in [4.69, 9.17) is 0 Å². The molecule has 0 bridgehead atoms. The molecule has 1 aliphatic carbocycles. The fraction of sp³-hybridized carbons (Fsp3) is 0.583. The normalized spacial score (nSPS) is 14.7. The molecule has 0 spiro atoms. The molecular weight excluding hydrogens is 158 g/mol. The summed E-state index contributed by atoms with van der Waals surface area (Å²) in [6, 6.07) is 2.18. The van der Waals surface area contributed by atoms with Gasteiger partial charge in [-0.15, -0.1) is 0 Å². The van der Waals surface area contributed by atoms with E-state index in [0.717, 1.165) is 12.3 Å². The highest BCUT2D eigenvalue weighted by Crippen LogP contribution is 2.41. The van der Waals surface area contributed by atoms with Gasteiger partial charge in [-0.1, -0.05) is 20.8 Å². The number of hydrogen-bond acceptors (Lipinski definition) is 1. The van der Waals surface area contributed by atoms with Gasteiger partial charge in [-0.3, -0.25) is 4.98 Å². The van der Waals surface area contributed by atoms with Crippen molar-refractivity contribution in [2.75, 3.05) is 0 Å². The molecule has 1 heterocycles. The summed E-state index contributed by atoms with van der Waals surface area (Å²) in [6.45, 7) is 6.20. The molecule has 1 aliphatic rings. The van der Waals surface area contributed by atoms with E-state index in [-0.39, 0.29) is 0 Å². The van der Waals surface area contributed by atoms with E-state index in [1.807, 2.05) is 26.2 Å². The number of nitrogens with zero attached hydrogens (tertiary/aromatic N) is 1. The Balaban J connectivity index is 0.000000396. The number of rotatable bonds is 2. The Bertz CT molecular complexity index is 251. The Morgan fingerprint density at radius 2 is 2.08 bits per heavy atom. The summed E-state index contributed by atoms with van der Waals surface area (Å²) in [5.74, 6) is 0.868. The SMILES string of the molecule is CC.CCc1cnccc1C1CC1. The van der Waals surface area contributed by atoms with Crippen LogP contribution in [0.5, 0.6) is 0 Å². The van der Waals surface area contributed by atoms with Crippen molar-refractivity contribution in [3.63, 3.8) is 0 Å². The number of hydrogen-bond donors (Lipinski definition) is 0. The van der Waals surface area contributed by atoms with Gasteiger partial charge in [0.1, 0.15) is 0 Å². The molecule has 1 nitrogen and oxygen atoms in total. The molecule has 0 N–H and O–H groups in total. The van der Waals surface area contributed by atoms with Crippen LogP contribution < -0.4 is 0 Å². The van der Waals surface area contributed by atoms with Crippen LogP contribution >= 0.6 is 0 Å². The van der Waals surface area contributed by atoms with Crippen LogP contribution in [-0.2, 0) is 6.42 Å². The molecule has 72 valence electrons. The maximum Gasteiger partial charge on any atom is 0.0302 e. The zero-order chi connectivity index (χ0) is 9.68. The Kier molecular flexibility index (Phi) is 3.94. The molecule has 0 radical (unpaired) electrons. The topological polar surface area (TPSA) is 12.9 Å². The van der Waals surface area contributed by atoms with Gasteiger partial charge in [0.15, 0.2) is 0 Å². The van der Waals surface area contributed by atoms with E-state index in [2.05, 4.69) is 18.0 Å². The summed E-state index contributed by atoms with van der Waals surface area (Å²) in [4.78, 5) is 4.13. The van der Waals surface area contributed by atoms with Gasteiger partial charge in [0.25, 0.3) is 0 Å². The lowest BCUT2D eigenvalue weighted by Gasteiger charge is -2.03. The van der Waals surface area contributed by atoms with Crippen molar-refractivity contribution in [1.82, 2.24) is 4.98 Å². The lowest BCUT2D eigenvalue weighted by molar-refractivity contribution is 1.00. The third kappa shape index (κ3) is 2.55. The van der Waals surface area contributed by atoms with Crippen LogP contribution in [0.25, 0.3) is 0 Å². The van der Waals surface area contributed by atoms with E-state index in [0.29, 0.717) is 0 Å². The maximum absolute atomic E-state index is 4.13. The fourth-order valence-electron chi connectivity index (χ4n) is 1.53. The molecule has 0 aromatic carbocycles. The molecule has 1 fully saturated rings. The largest absolute Gasteiger partial charge is 0.264 e. The zero-order valence-corrected chi connectivity index (χ0v) is 8.88. The summed E-state index contributed by atoms with van der Waals surface area (Å²) in [7, 11) is 0. The molecule has 1 aromatic heterocycles. The third-order valence-electron chi connectivity index (χ3n) is 2.34. The first-order valence-corrected chi connectivity index (χ1v) is 5.34. The quantitative estimate of drug-likeness (QED) is 0.673. The van der Waals surface area contributed by atoms with Gasteiger partial charge in [-0.2, -0.15) is 0 Å². The van der Waals surface area contributed by atoms with Gasteiger partial charge in [-0.25, -0.2) is 0 Å². The van der Waals surface area contributed by atoms with Crippen molar-refractivity contribution in [1.29, 1.82) is 0 Å². The molecule has 0 aliphatic heterocycles. The zero-order valence-electron chi connectivity index (χ0n) is 8.88. The number of aromatic nitrogens is 1. The first-order valence-electron chi connectivity index (χ1n) is 5.34. The highest BCUT2D eigenvalue weighted by Gasteiger charge is 2.24. The van der Waals surface area contributed by atoms with E-state index >= 15 is 0 Å². The van der Waals surface area contributed by atoms with Gasteiger partial charge in [0.2, 0.25) is 0 Å². The predicted octanol–water partition coefficient (Wildman–Crippen LogP) is 3.55. The van der Waals surface area contributed by atoms with E-state index in [1.54, 1.807) is 5.56 Å². The highest BCUT2D eigenvalue weighted by molar-refractivity contribution is 5.30. The van der Waals surface area contributed by atoms with Crippen molar-refractivity contribution < 1.29 is 0 Å². The van der Waals surface area contributed by atoms with Crippen LogP contribution in [0.15, 0.2) is 18.5 Å². The Labute approximate surface area is 81.2 Å². The van der Waals surface area contributed by atoms with Crippen LogP contribution in [0, 0.1) is 0 Å². The predicted molar refractivity (Wildman–Crippen MR) is 56.9 cm³/mol. The number of pyridine rings is 1. The van der Waals surface area contributed by atoms with Gasteiger partial charge in [-0.05, 0) is 42.4 Å². The van der Waals surface area contributed by atoms with Crippen LogP contribution in [-0.4, -0.2) is 4.98 Å². The Hall–Kier alpha value is -0.850. The van der Waals surface area contributed by atoms with Crippen molar-refractivity contribution in [2.24, 2.45) is 0 Å². The van der Waals surface area contributed by atoms with Crippen LogP contribution in [0.1, 0.15) is 50.7 Å². The second kappa shape index (κ2) is 5.00. The molecular formula is C12H19N. The fourth-order valence-corrected chi connectivity index (χ4v) is 1.53. The standard InChI is InChI=1S/C10H13N.C2H6/c1-2-8-7-11-6-5-10(8)9-3-4-9;1-2/h5-7,9H,2-4H2,1H3;1-2H3. The minimum absolute atomic E-state index is 0.868. The van der Waals surface area contributed by atoms with Crippen molar-refractivity contribution in [3.05, 3.63) is 29.6 Å². The minimum atomic E-state index is 0.868. The summed E-state index contributed by atoms with van der Waals surface area (Å²) in [6.07, 6.45) is 7.81. The van der Waals surface area contributed by atoms with Crippen LogP contribution in [0.4, 0.5) is 0 Å². The maximum atomic E-state index is 4.13. The average Bonchev–Trinajstić information content (AvgIpc) is 3.04. The lowest BCUT2D eigenvalue weighted by atomic mass is 10.0. The molecule has 0 saturated heterocycles. The molecule has 1 aromatic rings.